The van der Waals surface area contributed by atoms with Crippen LogP contribution in [-0.4, -0.2) is 19.2 Å². The highest BCUT2D eigenvalue weighted by atomic mass is 35.5. The second-order valence-electron chi connectivity index (χ2n) is 6.41. The number of allylic oxidation sites excluding steroid dienone is 1. The molecule has 1 aromatic rings. The first-order valence-electron chi connectivity index (χ1n) is 6.82. The van der Waals surface area contributed by atoms with Crippen LogP contribution >= 0.6 is 11.6 Å². The van der Waals surface area contributed by atoms with Gasteiger partial charge in [-0.1, -0.05) is 50.0 Å². The van der Waals surface area contributed by atoms with Crippen molar-refractivity contribution < 1.29 is 4.79 Å². The highest BCUT2D eigenvalue weighted by Crippen LogP contribution is 2.40. The van der Waals surface area contributed by atoms with Crippen LogP contribution in [0.1, 0.15) is 18.4 Å². The Kier molecular flexibility index (Phi) is 4.31. The number of Topliss-reactive ketones (excluding diaryl/α,β-unsaturated/α-hetero) is 1. The van der Waals surface area contributed by atoms with Gasteiger partial charge in [-0.2, -0.15) is 0 Å². The predicted molar refractivity (Wildman–Crippen MR) is 85.4 cm³/mol. The molecule has 1 aromatic carbocycles. The van der Waals surface area contributed by atoms with E-state index in [0.29, 0.717) is 5.54 Å². The van der Waals surface area contributed by atoms with Gasteiger partial charge in [0.1, 0.15) is 0 Å². The summed E-state index contributed by atoms with van der Waals surface area (Å²) in [5, 5.41) is -0.333. The summed E-state index contributed by atoms with van der Waals surface area (Å²) in [4.78, 5) is 12.2. The van der Waals surface area contributed by atoms with E-state index in [2.05, 4.69) is 19.6 Å². The Morgan fingerprint density at radius 3 is 2.42 bits per heavy atom. The minimum absolute atomic E-state index is 0.125. The summed E-state index contributed by atoms with van der Waals surface area (Å²) >= 11 is 6.26. The minimum Gasteiger partial charge on any atom is -0.293 e. The number of alkyl halides is 1. The maximum absolute atomic E-state index is 12.2. The molecule has 0 spiro atoms. The molecule has 2 unspecified atom stereocenters. The molecule has 0 heterocycles. The number of benzene rings is 1. The summed E-state index contributed by atoms with van der Waals surface area (Å²) in [5.41, 5.74) is 2.60. The van der Waals surface area contributed by atoms with Gasteiger partial charge in [0.05, 0.1) is 5.38 Å². The first-order valence-corrected chi connectivity index (χ1v) is 10.8. The number of rotatable bonds is 2. The molecule has 1 fully saturated rings. The number of hydrogen-bond donors (Lipinski definition) is 0. The van der Waals surface area contributed by atoms with Gasteiger partial charge >= 0.3 is 0 Å². The van der Waals surface area contributed by atoms with Crippen LogP contribution < -0.4 is 0 Å². The van der Waals surface area contributed by atoms with E-state index in [-0.39, 0.29) is 11.2 Å². The Morgan fingerprint density at radius 1 is 1.21 bits per heavy atom. The summed E-state index contributed by atoms with van der Waals surface area (Å²) in [5.74, 6) is 0.125. The van der Waals surface area contributed by atoms with E-state index in [1.54, 1.807) is 0 Å². The van der Waals surface area contributed by atoms with Gasteiger partial charge in [0, 0.05) is 8.07 Å². The summed E-state index contributed by atoms with van der Waals surface area (Å²) in [6, 6.07) is 10.0. The van der Waals surface area contributed by atoms with Gasteiger partial charge < -0.3 is 0 Å². The molecule has 2 rings (SSSR count). The highest BCUT2D eigenvalue weighted by molar-refractivity contribution is 6.77. The van der Waals surface area contributed by atoms with Gasteiger partial charge in [0.15, 0.2) is 5.78 Å². The number of carbonyl (C=O) groups is 1. The molecule has 0 radical (unpaired) electrons. The molecule has 0 N–H and O–H groups in total. The molecule has 102 valence electrons. The van der Waals surface area contributed by atoms with E-state index in [9.17, 15) is 4.79 Å². The molecular weight excluding hydrogens is 272 g/mol. The Balaban J connectivity index is 2.28. The summed E-state index contributed by atoms with van der Waals surface area (Å²) in [6.07, 6.45) is 3.76. The van der Waals surface area contributed by atoms with Gasteiger partial charge in [-0.15, -0.1) is 11.6 Å². The molecule has 19 heavy (non-hydrogen) atoms. The van der Waals surface area contributed by atoms with Gasteiger partial charge in [0.2, 0.25) is 0 Å². The standard InChI is InChI=1S/C16H21ClOSi/c1-19(2,3)14-10-13(16(18)15(17)11-14)9-12-7-5-4-6-8-12/h4-9,14-15H,10-11H2,1-3H3. The lowest BCUT2D eigenvalue weighted by atomic mass is 9.91. The normalized spacial score (nSPS) is 26.7. The largest absolute Gasteiger partial charge is 0.293 e. The third-order valence-corrected chi connectivity index (χ3v) is 7.19. The van der Waals surface area contributed by atoms with E-state index in [1.807, 2.05) is 36.4 Å². The van der Waals surface area contributed by atoms with E-state index in [1.165, 1.54) is 0 Å². The van der Waals surface area contributed by atoms with Crippen molar-refractivity contribution in [2.45, 2.75) is 43.4 Å². The number of ketones is 1. The van der Waals surface area contributed by atoms with Crippen LogP contribution in [0, 0.1) is 0 Å². The number of carbonyl (C=O) groups excluding carboxylic acids is 1. The molecule has 1 nitrogen and oxygen atoms in total. The van der Waals surface area contributed by atoms with Crippen LogP contribution in [0.4, 0.5) is 0 Å². The number of hydrogen-bond acceptors (Lipinski definition) is 1. The summed E-state index contributed by atoms with van der Waals surface area (Å²) in [7, 11) is -1.26. The molecule has 3 heteroatoms. The van der Waals surface area contributed by atoms with Crippen molar-refractivity contribution in [1.82, 2.24) is 0 Å². The minimum atomic E-state index is -1.26. The average molecular weight is 293 g/mol. The average Bonchev–Trinajstić information content (AvgIpc) is 2.34. The van der Waals surface area contributed by atoms with Crippen LogP contribution in [0.15, 0.2) is 35.9 Å². The van der Waals surface area contributed by atoms with Gasteiger partial charge in [-0.3, -0.25) is 4.79 Å². The van der Waals surface area contributed by atoms with Crippen LogP contribution in [0.2, 0.25) is 25.2 Å². The smallest absolute Gasteiger partial charge is 0.176 e. The summed E-state index contributed by atoms with van der Waals surface area (Å²) < 4.78 is 0. The quantitative estimate of drug-likeness (QED) is 0.437. The molecular formula is C16H21ClOSi. The van der Waals surface area contributed by atoms with E-state index in [4.69, 9.17) is 11.6 Å². The van der Waals surface area contributed by atoms with Crippen molar-refractivity contribution >= 4 is 31.5 Å². The molecule has 0 amide bonds. The molecule has 1 aliphatic rings. The Hall–Kier alpha value is -0.863. The van der Waals surface area contributed by atoms with Crippen molar-refractivity contribution in [3.63, 3.8) is 0 Å². The fourth-order valence-electron chi connectivity index (χ4n) is 2.55. The topological polar surface area (TPSA) is 17.1 Å². The molecule has 0 saturated heterocycles. The summed E-state index contributed by atoms with van der Waals surface area (Å²) in [6.45, 7) is 7.08. The van der Waals surface area contributed by atoms with Crippen molar-refractivity contribution in [3.05, 3.63) is 41.5 Å². The van der Waals surface area contributed by atoms with Gasteiger partial charge in [0.25, 0.3) is 0 Å². The van der Waals surface area contributed by atoms with Crippen molar-refractivity contribution in [1.29, 1.82) is 0 Å². The Morgan fingerprint density at radius 2 is 1.84 bits per heavy atom. The molecule has 0 aromatic heterocycles. The molecule has 1 saturated carbocycles. The maximum Gasteiger partial charge on any atom is 0.176 e. The van der Waals surface area contributed by atoms with Crippen LogP contribution in [-0.2, 0) is 4.79 Å². The lowest BCUT2D eigenvalue weighted by Gasteiger charge is -2.35. The van der Waals surface area contributed by atoms with Gasteiger partial charge in [-0.25, -0.2) is 0 Å². The highest BCUT2D eigenvalue weighted by Gasteiger charge is 2.37. The molecule has 2 atom stereocenters. The first kappa shape index (κ1) is 14.5. The zero-order valence-electron chi connectivity index (χ0n) is 11.8. The van der Waals surface area contributed by atoms with Crippen molar-refractivity contribution in [2.75, 3.05) is 0 Å². The molecule has 1 aliphatic carbocycles. The number of halogens is 1. The predicted octanol–water partition coefficient (Wildman–Crippen LogP) is 4.75. The van der Waals surface area contributed by atoms with E-state index >= 15 is 0 Å². The van der Waals surface area contributed by atoms with Crippen LogP contribution in [0.25, 0.3) is 6.08 Å². The second kappa shape index (κ2) is 5.64. The van der Waals surface area contributed by atoms with Crippen LogP contribution in [0.5, 0.6) is 0 Å². The zero-order valence-corrected chi connectivity index (χ0v) is 13.6. The lowest BCUT2D eigenvalue weighted by molar-refractivity contribution is -0.116. The van der Waals surface area contributed by atoms with E-state index in [0.717, 1.165) is 24.0 Å². The van der Waals surface area contributed by atoms with Crippen molar-refractivity contribution in [2.24, 2.45) is 0 Å². The third-order valence-electron chi connectivity index (χ3n) is 3.92. The van der Waals surface area contributed by atoms with E-state index < -0.39 is 8.07 Å². The molecule has 0 bridgehead atoms. The SMILES string of the molecule is C[Si](C)(C)C1CC(=Cc2ccccc2)C(=O)C(Cl)C1. The van der Waals surface area contributed by atoms with Gasteiger partial charge in [-0.05, 0) is 35.6 Å². The zero-order chi connectivity index (χ0) is 14.0. The third kappa shape index (κ3) is 3.58. The monoisotopic (exact) mass is 292 g/mol. The first-order chi connectivity index (χ1) is 8.88. The maximum atomic E-state index is 12.2. The second-order valence-corrected chi connectivity index (χ2v) is 12.5. The fraction of sp³-hybridized carbons (Fsp3) is 0.438. The lowest BCUT2D eigenvalue weighted by Crippen LogP contribution is -2.37. The Labute approximate surface area is 121 Å². The van der Waals surface area contributed by atoms with Crippen molar-refractivity contribution in [3.8, 4) is 0 Å². The molecule has 0 aliphatic heterocycles. The van der Waals surface area contributed by atoms with Crippen LogP contribution in [0.3, 0.4) is 0 Å². The Bertz CT molecular complexity index is 487. The fourth-order valence-corrected chi connectivity index (χ4v) is 4.83.